The number of aryl methyl sites for hydroxylation is 1. The summed E-state index contributed by atoms with van der Waals surface area (Å²) < 4.78 is 18.6. The van der Waals surface area contributed by atoms with Gasteiger partial charge in [0.1, 0.15) is 23.4 Å². The lowest BCUT2D eigenvalue weighted by molar-refractivity contribution is -0.118. The Hall–Kier alpha value is -4.08. The van der Waals surface area contributed by atoms with Crippen molar-refractivity contribution in [1.29, 1.82) is 0 Å². The first-order valence-corrected chi connectivity index (χ1v) is 8.79. The normalized spacial score (nSPS) is 10.9. The highest BCUT2D eigenvalue weighted by Crippen LogP contribution is 2.25. The molecule has 0 aliphatic carbocycles. The first kappa shape index (κ1) is 22.2. The maximum Gasteiger partial charge on any atom is 0.239 e. The highest BCUT2D eigenvalue weighted by molar-refractivity contribution is 5.82. The smallest absolute Gasteiger partial charge is 0.239 e. The molecule has 1 aromatic carbocycles. The number of nitrogens with two attached hydrogens (primary N) is 2. The minimum atomic E-state index is -0.568. The molecule has 0 saturated carbocycles. The van der Waals surface area contributed by atoms with Crippen LogP contribution in [0.2, 0.25) is 0 Å². The van der Waals surface area contributed by atoms with Crippen LogP contribution < -0.4 is 21.5 Å². The first-order chi connectivity index (χ1) is 14.3. The molecule has 10 heteroatoms. The second kappa shape index (κ2) is 10.5. The number of primary amides is 2. The van der Waals surface area contributed by atoms with Crippen LogP contribution in [-0.2, 0) is 9.59 Å². The lowest BCUT2D eigenvalue weighted by Gasteiger charge is -2.12. The van der Waals surface area contributed by atoms with Gasteiger partial charge in [-0.05, 0) is 44.2 Å². The van der Waals surface area contributed by atoms with E-state index in [9.17, 15) is 9.18 Å². The average Bonchev–Trinajstić information content (AvgIpc) is 2.70. The first-order valence-electron chi connectivity index (χ1n) is 8.79. The lowest BCUT2D eigenvalue weighted by Crippen LogP contribution is -2.32. The van der Waals surface area contributed by atoms with Gasteiger partial charge in [0.25, 0.3) is 0 Å². The number of rotatable bonds is 6. The van der Waals surface area contributed by atoms with Gasteiger partial charge in [-0.2, -0.15) is 0 Å². The van der Waals surface area contributed by atoms with Crippen LogP contribution >= 0.6 is 0 Å². The van der Waals surface area contributed by atoms with Crippen molar-refractivity contribution in [2.24, 2.45) is 11.5 Å². The van der Waals surface area contributed by atoms with Gasteiger partial charge >= 0.3 is 0 Å². The van der Waals surface area contributed by atoms with Gasteiger partial charge in [0.05, 0.1) is 0 Å². The molecule has 5 N–H and O–H groups in total. The molecular weight excluding hydrogens is 391 g/mol. The molecule has 0 saturated heterocycles. The summed E-state index contributed by atoms with van der Waals surface area (Å²) in [7, 11) is 0. The van der Waals surface area contributed by atoms with Crippen LogP contribution in [0.4, 0.5) is 10.2 Å². The summed E-state index contributed by atoms with van der Waals surface area (Å²) in [6.07, 6.45) is 1.82. The third-order valence-corrected chi connectivity index (χ3v) is 3.67. The van der Waals surface area contributed by atoms with E-state index in [1.807, 2.05) is 6.92 Å². The van der Waals surface area contributed by atoms with E-state index >= 15 is 0 Å². The van der Waals surface area contributed by atoms with E-state index in [0.29, 0.717) is 28.8 Å². The molecule has 3 aromatic rings. The number of hydrogen-bond acceptors (Lipinski definition) is 7. The Morgan fingerprint density at radius 1 is 1.20 bits per heavy atom. The SMILES string of the molecule is Cc1cc(NC(C)C(N)=O)nc(-c2ccnc(Oc3ccc(F)cc3)c2)n1.NC=O. The van der Waals surface area contributed by atoms with Crippen LogP contribution in [0.3, 0.4) is 0 Å². The minimum absolute atomic E-state index is 0.250. The number of pyridine rings is 1. The summed E-state index contributed by atoms with van der Waals surface area (Å²) in [6.45, 7) is 3.48. The molecule has 1 atom stereocenters. The van der Waals surface area contributed by atoms with Crippen molar-refractivity contribution in [3.8, 4) is 23.0 Å². The largest absolute Gasteiger partial charge is 0.439 e. The van der Waals surface area contributed by atoms with Crippen molar-refractivity contribution in [2.75, 3.05) is 5.32 Å². The predicted octanol–water partition coefficient (Wildman–Crippen LogP) is 2.17. The number of carbonyl (C=O) groups is 2. The second-order valence-corrected chi connectivity index (χ2v) is 6.06. The van der Waals surface area contributed by atoms with E-state index in [0.717, 1.165) is 5.69 Å². The number of anilines is 1. The van der Waals surface area contributed by atoms with Gasteiger partial charge in [-0.25, -0.2) is 19.3 Å². The van der Waals surface area contributed by atoms with Crippen LogP contribution in [0.5, 0.6) is 11.6 Å². The number of carbonyl (C=O) groups excluding carboxylic acids is 2. The molecule has 1 unspecified atom stereocenters. The number of nitrogens with zero attached hydrogens (tertiary/aromatic N) is 3. The van der Waals surface area contributed by atoms with E-state index in [1.165, 1.54) is 24.3 Å². The van der Waals surface area contributed by atoms with E-state index in [-0.39, 0.29) is 12.2 Å². The van der Waals surface area contributed by atoms with Crippen molar-refractivity contribution in [1.82, 2.24) is 15.0 Å². The topological polar surface area (TPSA) is 146 Å². The molecule has 2 aromatic heterocycles. The van der Waals surface area contributed by atoms with Crippen molar-refractivity contribution >= 4 is 18.1 Å². The minimum Gasteiger partial charge on any atom is -0.439 e. The van der Waals surface area contributed by atoms with Gasteiger partial charge in [0, 0.05) is 29.6 Å². The quantitative estimate of drug-likeness (QED) is 0.526. The third kappa shape index (κ3) is 6.51. The number of nitrogens with one attached hydrogen (secondary N) is 1. The number of benzene rings is 1. The monoisotopic (exact) mass is 412 g/mol. The van der Waals surface area contributed by atoms with E-state index in [4.69, 9.17) is 15.3 Å². The van der Waals surface area contributed by atoms with E-state index < -0.39 is 11.9 Å². The van der Waals surface area contributed by atoms with Gasteiger partial charge in [0.15, 0.2) is 5.82 Å². The summed E-state index contributed by atoms with van der Waals surface area (Å²) in [5.74, 6) is 0.893. The van der Waals surface area contributed by atoms with Crippen LogP contribution in [0, 0.1) is 12.7 Å². The Labute approximate surface area is 172 Å². The summed E-state index contributed by atoms with van der Waals surface area (Å²) >= 11 is 0. The molecule has 0 aliphatic heterocycles. The number of ether oxygens (including phenoxy) is 1. The van der Waals surface area contributed by atoms with Crippen molar-refractivity contribution in [2.45, 2.75) is 19.9 Å². The fourth-order valence-electron chi connectivity index (χ4n) is 2.29. The van der Waals surface area contributed by atoms with Crippen LogP contribution in [0.1, 0.15) is 12.6 Å². The molecular formula is C20H21FN6O3. The number of amides is 2. The Bertz CT molecular complexity index is 1010. The van der Waals surface area contributed by atoms with Gasteiger partial charge in [-0.1, -0.05) is 0 Å². The van der Waals surface area contributed by atoms with E-state index in [2.05, 4.69) is 26.0 Å². The molecule has 0 aliphatic rings. The molecule has 3 rings (SSSR count). The van der Waals surface area contributed by atoms with Crippen LogP contribution in [-0.4, -0.2) is 33.3 Å². The maximum absolute atomic E-state index is 13.0. The van der Waals surface area contributed by atoms with Crippen LogP contribution in [0.15, 0.2) is 48.7 Å². The predicted molar refractivity (Wildman–Crippen MR) is 109 cm³/mol. The molecule has 30 heavy (non-hydrogen) atoms. The zero-order chi connectivity index (χ0) is 22.1. The zero-order valence-corrected chi connectivity index (χ0v) is 16.4. The summed E-state index contributed by atoms with van der Waals surface area (Å²) in [5, 5.41) is 2.94. The van der Waals surface area contributed by atoms with Gasteiger partial charge < -0.3 is 21.5 Å². The Balaban J connectivity index is 0.00000101. The van der Waals surface area contributed by atoms with Crippen molar-refractivity contribution in [3.63, 3.8) is 0 Å². The Kier molecular flexibility index (Phi) is 7.74. The Morgan fingerprint density at radius 3 is 2.50 bits per heavy atom. The third-order valence-electron chi connectivity index (χ3n) is 3.67. The average molecular weight is 412 g/mol. The molecule has 0 spiro atoms. The number of halogens is 1. The standard InChI is InChI=1S/C19H18FN5O2.CH3NO/c1-11-9-16(24-12(2)18(21)26)25-19(23-11)13-7-8-22-17(10-13)27-15-5-3-14(20)4-6-15;2-1-3/h3-10,12H,1-2H3,(H2,21,26)(H,23,24,25);1H,(H2,2,3). The van der Waals surface area contributed by atoms with Gasteiger partial charge in [0.2, 0.25) is 18.2 Å². The van der Waals surface area contributed by atoms with Crippen molar-refractivity contribution < 1.29 is 18.7 Å². The summed E-state index contributed by atoms with van der Waals surface area (Å²) in [4.78, 5) is 32.8. The maximum atomic E-state index is 13.0. The fourth-order valence-corrected chi connectivity index (χ4v) is 2.29. The van der Waals surface area contributed by atoms with E-state index in [1.54, 1.807) is 31.3 Å². The molecule has 9 nitrogen and oxygen atoms in total. The summed E-state index contributed by atoms with van der Waals surface area (Å²) in [5.41, 5.74) is 10.8. The lowest BCUT2D eigenvalue weighted by atomic mass is 10.2. The molecule has 0 bridgehead atoms. The molecule has 2 heterocycles. The highest BCUT2D eigenvalue weighted by atomic mass is 19.1. The van der Waals surface area contributed by atoms with Crippen molar-refractivity contribution in [3.05, 3.63) is 60.2 Å². The molecule has 156 valence electrons. The zero-order valence-electron chi connectivity index (χ0n) is 16.4. The molecule has 2 amide bonds. The Morgan fingerprint density at radius 2 is 1.87 bits per heavy atom. The highest BCUT2D eigenvalue weighted by Gasteiger charge is 2.12. The van der Waals surface area contributed by atoms with Crippen LogP contribution in [0.25, 0.3) is 11.4 Å². The summed E-state index contributed by atoms with van der Waals surface area (Å²) in [6, 6.07) is 10.2. The fraction of sp³-hybridized carbons (Fsp3) is 0.150. The van der Waals surface area contributed by atoms with Gasteiger partial charge in [-0.3, -0.25) is 9.59 Å². The number of aromatic nitrogens is 3. The second-order valence-electron chi connectivity index (χ2n) is 6.06. The number of hydrogen-bond donors (Lipinski definition) is 3. The van der Waals surface area contributed by atoms with Gasteiger partial charge in [-0.15, -0.1) is 0 Å². The molecule has 0 fully saturated rings. The molecule has 0 radical (unpaired) electrons.